The molecule has 0 amide bonds. The lowest BCUT2D eigenvalue weighted by Crippen LogP contribution is -2.44. The molecule has 1 aliphatic carbocycles. The van der Waals surface area contributed by atoms with E-state index in [0.717, 1.165) is 28.9 Å². The molecule has 1 aromatic carbocycles. The van der Waals surface area contributed by atoms with Crippen LogP contribution < -0.4 is 11.1 Å². The van der Waals surface area contributed by atoms with Crippen molar-refractivity contribution in [2.45, 2.75) is 65.5 Å². The molecule has 3 nitrogen and oxygen atoms in total. The monoisotopic (exact) mass is 431 g/mol. The number of likely N-dealkylation sites (tertiary alicyclic amines) is 1. The van der Waals surface area contributed by atoms with Crippen LogP contribution in [0, 0.1) is 18.3 Å². The lowest BCUT2D eigenvalue weighted by atomic mass is 9.70. The summed E-state index contributed by atoms with van der Waals surface area (Å²) in [7, 11) is 1.50. The van der Waals surface area contributed by atoms with Gasteiger partial charge in [-0.05, 0) is 101 Å². The number of rotatable bonds is 7. The SMILES string of the molecule is C=C.C=C(NCC1CCN(CC2(C)CCC2)CC1)c1cc(C)cc(C(C)(C)F)c1.CN. The molecular formula is C27H46FN3. The number of piperidine rings is 1. The average molecular weight is 432 g/mol. The minimum absolute atomic E-state index is 0.590. The highest BCUT2D eigenvalue weighted by Crippen LogP contribution is 2.41. The van der Waals surface area contributed by atoms with Crippen molar-refractivity contribution in [1.82, 2.24) is 10.2 Å². The molecule has 0 unspecified atom stereocenters. The van der Waals surface area contributed by atoms with E-state index in [1.165, 1.54) is 58.8 Å². The van der Waals surface area contributed by atoms with Crippen LogP contribution in [-0.4, -0.2) is 38.1 Å². The quantitative estimate of drug-likeness (QED) is 0.517. The van der Waals surface area contributed by atoms with E-state index in [0.29, 0.717) is 11.3 Å². The molecule has 1 aromatic rings. The Morgan fingerprint density at radius 2 is 1.77 bits per heavy atom. The highest BCUT2D eigenvalue weighted by atomic mass is 19.1. The van der Waals surface area contributed by atoms with Crippen molar-refractivity contribution in [3.8, 4) is 0 Å². The Hall–Kier alpha value is -1.65. The van der Waals surface area contributed by atoms with E-state index >= 15 is 0 Å². The number of hydrogen-bond donors (Lipinski definition) is 2. The lowest BCUT2D eigenvalue weighted by molar-refractivity contribution is 0.0642. The van der Waals surface area contributed by atoms with Crippen LogP contribution in [-0.2, 0) is 5.67 Å². The van der Waals surface area contributed by atoms with Gasteiger partial charge in [-0.1, -0.05) is 31.6 Å². The first-order valence-corrected chi connectivity index (χ1v) is 11.7. The van der Waals surface area contributed by atoms with Gasteiger partial charge in [0.2, 0.25) is 0 Å². The summed E-state index contributed by atoms with van der Waals surface area (Å²) in [6.07, 6.45) is 6.74. The highest BCUT2D eigenvalue weighted by Gasteiger charge is 2.34. The molecule has 3 N–H and O–H groups in total. The third kappa shape index (κ3) is 8.42. The van der Waals surface area contributed by atoms with Gasteiger partial charge in [-0.25, -0.2) is 4.39 Å². The summed E-state index contributed by atoms with van der Waals surface area (Å²) in [4.78, 5) is 2.67. The van der Waals surface area contributed by atoms with Crippen LogP contribution in [0.15, 0.2) is 37.9 Å². The average Bonchev–Trinajstić information content (AvgIpc) is 2.73. The van der Waals surface area contributed by atoms with Crippen LogP contribution in [0.3, 0.4) is 0 Å². The van der Waals surface area contributed by atoms with Crippen LogP contribution in [0.2, 0.25) is 0 Å². The molecule has 1 aliphatic heterocycles. The van der Waals surface area contributed by atoms with Gasteiger partial charge in [0.05, 0.1) is 0 Å². The largest absolute Gasteiger partial charge is 0.385 e. The van der Waals surface area contributed by atoms with E-state index in [1.807, 2.05) is 19.1 Å². The van der Waals surface area contributed by atoms with Gasteiger partial charge in [0.15, 0.2) is 0 Å². The van der Waals surface area contributed by atoms with Gasteiger partial charge in [-0.2, -0.15) is 0 Å². The van der Waals surface area contributed by atoms with Gasteiger partial charge in [-0.3, -0.25) is 0 Å². The van der Waals surface area contributed by atoms with Crippen molar-refractivity contribution in [2.75, 3.05) is 33.2 Å². The molecule has 4 heteroatoms. The third-order valence-electron chi connectivity index (χ3n) is 6.59. The van der Waals surface area contributed by atoms with Crippen LogP contribution in [0.1, 0.15) is 69.6 Å². The van der Waals surface area contributed by atoms with E-state index in [4.69, 9.17) is 0 Å². The van der Waals surface area contributed by atoms with Gasteiger partial charge in [0.25, 0.3) is 0 Å². The summed E-state index contributed by atoms with van der Waals surface area (Å²) < 4.78 is 14.4. The van der Waals surface area contributed by atoms with Crippen molar-refractivity contribution in [3.05, 3.63) is 54.6 Å². The first-order chi connectivity index (χ1) is 14.6. The molecule has 2 aliphatic rings. The van der Waals surface area contributed by atoms with Gasteiger partial charge >= 0.3 is 0 Å². The smallest absolute Gasteiger partial charge is 0.130 e. The zero-order valence-corrected chi connectivity index (χ0v) is 20.7. The molecule has 3 rings (SSSR count). The summed E-state index contributed by atoms with van der Waals surface area (Å²) in [5.41, 5.74) is 7.48. The lowest BCUT2D eigenvalue weighted by Gasteiger charge is -2.44. The van der Waals surface area contributed by atoms with E-state index in [-0.39, 0.29) is 0 Å². The van der Waals surface area contributed by atoms with E-state index in [9.17, 15) is 4.39 Å². The van der Waals surface area contributed by atoms with Crippen molar-refractivity contribution >= 4 is 5.70 Å². The number of nitrogens with two attached hydrogens (primary N) is 1. The molecule has 1 saturated heterocycles. The normalized spacial score (nSPS) is 18.5. The Morgan fingerprint density at radius 3 is 2.26 bits per heavy atom. The predicted molar refractivity (Wildman–Crippen MR) is 135 cm³/mol. The summed E-state index contributed by atoms with van der Waals surface area (Å²) in [5.74, 6) is 0.703. The number of nitrogens with one attached hydrogen (secondary N) is 1. The first-order valence-electron chi connectivity index (χ1n) is 11.7. The second-order valence-electron chi connectivity index (χ2n) is 9.80. The van der Waals surface area contributed by atoms with E-state index < -0.39 is 5.67 Å². The second kappa shape index (κ2) is 12.4. The van der Waals surface area contributed by atoms with Crippen LogP contribution in [0.5, 0.6) is 0 Å². The molecule has 31 heavy (non-hydrogen) atoms. The van der Waals surface area contributed by atoms with Crippen LogP contribution in [0.25, 0.3) is 5.70 Å². The van der Waals surface area contributed by atoms with Crippen LogP contribution in [0.4, 0.5) is 4.39 Å². The zero-order valence-electron chi connectivity index (χ0n) is 20.7. The second-order valence-corrected chi connectivity index (χ2v) is 9.80. The fourth-order valence-corrected chi connectivity index (χ4v) is 4.50. The Morgan fingerprint density at radius 1 is 1.19 bits per heavy atom. The van der Waals surface area contributed by atoms with Gasteiger partial charge in [0.1, 0.15) is 5.67 Å². The fraction of sp³-hybridized carbons (Fsp3) is 0.630. The third-order valence-corrected chi connectivity index (χ3v) is 6.59. The summed E-state index contributed by atoms with van der Waals surface area (Å²) in [5, 5.41) is 3.52. The van der Waals surface area contributed by atoms with Crippen molar-refractivity contribution in [1.29, 1.82) is 0 Å². The predicted octanol–water partition coefficient (Wildman–Crippen LogP) is 6.04. The maximum Gasteiger partial charge on any atom is 0.130 e. The number of alkyl halides is 1. The van der Waals surface area contributed by atoms with Crippen LogP contribution >= 0.6 is 0 Å². The maximum atomic E-state index is 14.4. The van der Waals surface area contributed by atoms with Gasteiger partial charge in [0, 0.05) is 18.8 Å². The molecule has 1 heterocycles. The van der Waals surface area contributed by atoms with Gasteiger partial charge < -0.3 is 16.0 Å². The molecule has 176 valence electrons. The number of halogens is 1. The summed E-state index contributed by atoms with van der Waals surface area (Å²) >= 11 is 0. The number of nitrogens with zero attached hydrogens (tertiary/aromatic N) is 1. The molecule has 0 bridgehead atoms. The first kappa shape index (κ1) is 27.4. The fourth-order valence-electron chi connectivity index (χ4n) is 4.50. The number of benzene rings is 1. The molecular weight excluding hydrogens is 385 g/mol. The maximum absolute atomic E-state index is 14.4. The van der Waals surface area contributed by atoms with Crippen molar-refractivity contribution in [3.63, 3.8) is 0 Å². The zero-order chi connectivity index (χ0) is 23.7. The Kier molecular flexibility index (Phi) is 11.0. The molecule has 1 saturated carbocycles. The Bertz CT molecular complexity index is 680. The van der Waals surface area contributed by atoms with Crippen molar-refractivity contribution < 1.29 is 4.39 Å². The van der Waals surface area contributed by atoms with E-state index in [2.05, 4.69) is 48.7 Å². The standard InChI is InChI=1S/C24H37FN2.C2H4.CH5N/c1-18-13-21(15-22(14-18)23(3,4)25)19(2)26-16-20-7-11-27(12-8-20)17-24(5)9-6-10-24;2*1-2/h13-15,20,26H,2,6-12,16-17H2,1,3-5H3;1-2H2;2H2,1H3. The summed E-state index contributed by atoms with van der Waals surface area (Å²) in [6, 6.07) is 5.95. The molecule has 0 atom stereocenters. The summed E-state index contributed by atoms with van der Waals surface area (Å²) in [6.45, 7) is 22.6. The molecule has 0 spiro atoms. The Labute approximate surface area is 191 Å². The Balaban J connectivity index is 0.00000113. The number of aryl methyl sites for hydroxylation is 1. The molecule has 0 aromatic heterocycles. The molecule has 0 radical (unpaired) electrons. The highest BCUT2D eigenvalue weighted by molar-refractivity contribution is 5.63. The van der Waals surface area contributed by atoms with Gasteiger partial charge in [-0.15, -0.1) is 13.2 Å². The van der Waals surface area contributed by atoms with Crippen molar-refractivity contribution in [2.24, 2.45) is 17.1 Å². The van der Waals surface area contributed by atoms with E-state index in [1.54, 1.807) is 13.8 Å². The topological polar surface area (TPSA) is 41.3 Å². The minimum Gasteiger partial charge on any atom is -0.385 e. The minimum atomic E-state index is -1.33. The molecule has 2 fully saturated rings. The number of hydrogen-bond acceptors (Lipinski definition) is 3.